The maximum Gasteiger partial charge on any atom is 0.223 e. The van der Waals surface area contributed by atoms with Gasteiger partial charge in [0.1, 0.15) is 17.5 Å². The Labute approximate surface area is 166 Å². The van der Waals surface area contributed by atoms with Crippen molar-refractivity contribution in [3.8, 4) is 11.4 Å². The molecule has 1 aliphatic heterocycles. The highest BCUT2D eigenvalue weighted by Crippen LogP contribution is 2.27. The summed E-state index contributed by atoms with van der Waals surface area (Å²) < 4.78 is 15.5. The first kappa shape index (κ1) is 17.6. The normalized spacial score (nSPS) is 16.0. The van der Waals surface area contributed by atoms with E-state index in [9.17, 15) is 9.18 Å². The number of aromatic amines is 1. The van der Waals surface area contributed by atoms with Gasteiger partial charge in [0.2, 0.25) is 5.91 Å². The number of halogens is 1. The molecule has 3 heterocycles. The highest BCUT2D eigenvalue weighted by atomic mass is 19.1. The predicted octanol–water partition coefficient (Wildman–Crippen LogP) is 3.44. The summed E-state index contributed by atoms with van der Waals surface area (Å²) in [4.78, 5) is 24.7. The van der Waals surface area contributed by atoms with Gasteiger partial charge in [0.25, 0.3) is 0 Å². The Morgan fingerprint density at radius 1 is 1.24 bits per heavy atom. The molecule has 1 aliphatic rings. The van der Waals surface area contributed by atoms with Gasteiger partial charge in [-0.05, 0) is 24.6 Å². The van der Waals surface area contributed by atoms with Gasteiger partial charge in [-0.3, -0.25) is 4.79 Å². The number of benzene rings is 2. The number of fused-ring (bicyclic) bond motifs is 2. The Kier molecular flexibility index (Phi) is 4.35. The molecule has 6 nitrogen and oxygen atoms in total. The molecule has 0 unspecified atom stereocenters. The topological polar surface area (TPSA) is 75.6 Å². The van der Waals surface area contributed by atoms with E-state index in [2.05, 4.69) is 24.8 Å². The summed E-state index contributed by atoms with van der Waals surface area (Å²) in [6.07, 6.45) is 3.30. The number of rotatable bonds is 4. The third-order valence-electron chi connectivity index (χ3n) is 5.42. The first-order chi connectivity index (χ1) is 14.2. The lowest BCUT2D eigenvalue weighted by molar-refractivity contribution is -0.125. The van der Waals surface area contributed by atoms with Crippen LogP contribution in [0, 0.1) is 11.7 Å². The first-order valence-electron chi connectivity index (χ1n) is 9.69. The molecule has 29 heavy (non-hydrogen) atoms. The molecule has 146 valence electrons. The van der Waals surface area contributed by atoms with Crippen LogP contribution in [0.15, 0.2) is 54.7 Å². The second kappa shape index (κ2) is 7.16. The van der Waals surface area contributed by atoms with Crippen LogP contribution in [-0.4, -0.2) is 25.4 Å². The molecule has 0 saturated heterocycles. The smallest absolute Gasteiger partial charge is 0.223 e. The van der Waals surface area contributed by atoms with Gasteiger partial charge in [-0.2, -0.15) is 0 Å². The third-order valence-corrected chi connectivity index (χ3v) is 5.42. The number of imidazole rings is 2. The minimum atomic E-state index is -0.314. The average molecular weight is 389 g/mol. The van der Waals surface area contributed by atoms with Gasteiger partial charge < -0.3 is 14.9 Å². The number of aromatic nitrogens is 4. The summed E-state index contributed by atoms with van der Waals surface area (Å²) in [7, 11) is 0. The van der Waals surface area contributed by atoms with Crippen LogP contribution in [0.1, 0.15) is 17.9 Å². The molecule has 0 saturated carbocycles. The molecule has 2 aromatic carbocycles. The van der Waals surface area contributed by atoms with E-state index in [1.807, 2.05) is 36.5 Å². The largest absolute Gasteiger partial charge is 0.349 e. The van der Waals surface area contributed by atoms with Crippen molar-refractivity contribution < 1.29 is 9.18 Å². The molecule has 0 radical (unpaired) electrons. The zero-order chi connectivity index (χ0) is 19.8. The summed E-state index contributed by atoms with van der Waals surface area (Å²) in [5, 5.41) is 2.96. The van der Waals surface area contributed by atoms with E-state index in [0.717, 1.165) is 30.0 Å². The first-order valence-corrected chi connectivity index (χ1v) is 9.69. The fourth-order valence-electron chi connectivity index (χ4n) is 3.94. The van der Waals surface area contributed by atoms with E-state index in [4.69, 9.17) is 0 Å². The summed E-state index contributed by atoms with van der Waals surface area (Å²) in [6, 6.07) is 14.5. The number of amides is 1. The number of nitrogens with zero attached hydrogens (tertiary/aromatic N) is 3. The van der Waals surface area contributed by atoms with Gasteiger partial charge in [-0.25, -0.2) is 14.4 Å². The Morgan fingerprint density at radius 3 is 2.97 bits per heavy atom. The maximum atomic E-state index is 13.3. The number of carbonyl (C=O) groups excluding carboxylic acids is 1. The molecule has 0 aliphatic carbocycles. The quantitative estimate of drug-likeness (QED) is 0.561. The lowest BCUT2D eigenvalue weighted by Crippen LogP contribution is -2.35. The van der Waals surface area contributed by atoms with Crippen molar-refractivity contribution in [2.24, 2.45) is 5.92 Å². The summed E-state index contributed by atoms with van der Waals surface area (Å²) >= 11 is 0. The second-order valence-electron chi connectivity index (χ2n) is 7.34. The van der Waals surface area contributed by atoms with E-state index in [1.54, 1.807) is 6.07 Å². The fraction of sp³-hybridized carbons (Fsp3) is 0.227. The standard InChI is InChI=1S/C22H20FN5O/c23-16-6-7-18-19(11-16)27-20(26-18)13-25-22(29)15-8-9-28-17(10-15)12-24-21(28)14-4-2-1-3-5-14/h1-7,11-12,15H,8-10,13H2,(H,25,29)(H,26,27)/t15-/m1/s1. The van der Waals surface area contributed by atoms with Crippen molar-refractivity contribution >= 4 is 16.9 Å². The van der Waals surface area contributed by atoms with Crippen LogP contribution in [0.25, 0.3) is 22.4 Å². The second-order valence-corrected chi connectivity index (χ2v) is 7.34. The lowest BCUT2D eigenvalue weighted by atomic mass is 9.95. The molecule has 0 fully saturated rings. The van der Waals surface area contributed by atoms with Gasteiger partial charge in [0.05, 0.1) is 17.6 Å². The molecular weight excluding hydrogens is 369 g/mol. The van der Waals surface area contributed by atoms with E-state index >= 15 is 0 Å². The van der Waals surface area contributed by atoms with Gasteiger partial charge in [0.15, 0.2) is 0 Å². The Bertz CT molecular complexity index is 1180. The molecule has 5 rings (SSSR count). The zero-order valence-corrected chi connectivity index (χ0v) is 15.7. The van der Waals surface area contributed by atoms with Crippen LogP contribution < -0.4 is 5.32 Å². The predicted molar refractivity (Wildman–Crippen MR) is 107 cm³/mol. The van der Waals surface area contributed by atoms with Crippen LogP contribution >= 0.6 is 0 Å². The van der Waals surface area contributed by atoms with Gasteiger partial charge in [-0.15, -0.1) is 0 Å². The van der Waals surface area contributed by atoms with E-state index in [0.29, 0.717) is 29.8 Å². The molecule has 1 atom stereocenters. The third kappa shape index (κ3) is 3.40. The highest BCUT2D eigenvalue weighted by molar-refractivity contribution is 5.79. The van der Waals surface area contributed by atoms with Gasteiger partial charge in [0, 0.05) is 36.3 Å². The highest BCUT2D eigenvalue weighted by Gasteiger charge is 2.27. The molecular formula is C22H20FN5O. The van der Waals surface area contributed by atoms with Crippen LogP contribution in [0.4, 0.5) is 4.39 Å². The molecule has 0 bridgehead atoms. The van der Waals surface area contributed by atoms with Crippen molar-refractivity contribution in [1.29, 1.82) is 0 Å². The maximum absolute atomic E-state index is 13.3. The Morgan fingerprint density at radius 2 is 2.10 bits per heavy atom. The SMILES string of the molecule is O=C(NCc1nc2ccc(F)cc2[nH]1)[C@@H]1CCn2c(cnc2-c2ccccc2)C1. The van der Waals surface area contributed by atoms with Crippen LogP contribution in [0.2, 0.25) is 0 Å². The Hall–Kier alpha value is -3.48. The lowest BCUT2D eigenvalue weighted by Gasteiger charge is -2.24. The Balaban J connectivity index is 1.25. The number of hydrogen-bond donors (Lipinski definition) is 2. The van der Waals surface area contributed by atoms with E-state index in [-0.39, 0.29) is 17.6 Å². The van der Waals surface area contributed by atoms with Gasteiger partial charge >= 0.3 is 0 Å². The molecule has 2 aromatic heterocycles. The fourth-order valence-corrected chi connectivity index (χ4v) is 3.94. The van der Waals surface area contributed by atoms with Crippen LogP contribution in [-0.2, 0) is 24.3 Å². The summed E-state index contributed by atoms with van der Waals surface area (Å²) in [5.41, 5.74) is 3.48. The van der Waals surface area contributed by atoms with Crippen molar-refractivity contribution in [3.63, 3.8) is 0 Å². The molecule has 1 amide bonds. The minimum absolute atomic E-state index is 0.00495. The molecule has 0 spiro atoms. The van der Waals surface area contributed by atoms with Crippen molar-refractivity contribution in [1.82, 2.24) is 24.8 Å². The minimum Gasteiger partial charge on any atom is -0.349 e. The molecule has 7 heteroatoms. The number of H-pyrrole nitrogens is 1. The molecule has 2 N–H and O–H groups in total. The summed E-state index contributed by atoms with van der Waals surface area (Å²) in [5.74, 6) is 1.17. The van der Waals surface area contributed by atoms with E-state index in [1.165, 1.54) is 12.1 Å². The van der Waals surface area contributed by atoms with Gasteiger partial charge in [-0.1, -0.05) is 30.3 Å². The zero-order valence-electron chi connectivity index (χ0n) is 15.7. The average Bonchev–Trinajstić information content (AvgIpc) is 3.35. The summed E-state index contributed by atoms with van der Waals surface area (Å²) in [6.45, 7) is 1.06. The van der Waals surface area contributed by atoms with Crippen molar-refractivity contribution in [2.75, 3.05) is 0 Å². The molecule has 4 aromatic rings. The van der Waals surface area contributed by atoms with Crippen LogP contribution in [0.3, 0.4) is 0 Å². The van der Waals surface area contributed by atoms with Crippen LogP contribution in [0.5, 0.6) is 0 Å². The number of hydrogen-bond acceptors (Lipinski definition) is 3. The number of nitrogens with one attached hydrogen (secondary N) is 2. The monoisotopic (exact) mass is 389 g/mol. The van der Waals surface area contributed by atoms with Crippen molar-refractivity contribution in [2.45, 2.75) is 25.9 Å². The van der Waals surface area contributed by atoms with Crippen molar-refractivity contribution in [3.05, 3.63) is 72.1 Å². The number of carbonyl (C=O) groups is 1. The van der Waals surface area contributed by atoms with E-state index < -0.39 is 0 Å².